The Morgan fingerprint density at radius 1 is 1.15 bits per heavy atom. The molecule has 20 heavy (non-hydrogen) atoms. The van der Waals surface area contributed by atoms with E-state index in [1.54, 1.807) is 0 Å². The zero-order valence-corrected chi connectivity index (χ0v) is 11.6. The Morgan fingerprint density at radius 2 is 2.00 bits per heavy atom. The molecule has 0 fully saturated rings. The summed E-state index contributed by atoms with van der Waals surface area (Å²) in [5.41, 5.74) is 11.5. The maximum atomic E-state index is 5.97. The summed E-state index contributed by atoms with van der Waals surface area (Å²) in [5.74, 6) is 0. The molecule has 1 aromatic heterocycles. The lowest BCUT2D eigenvalue weighted by atomic mass is 10.1. The third-order valence-corrected chi connectivity index (χ3v) is 3.59. The van der Waals surface area contributed by atoms with E-state index in [4.69, 9.17) is 5.73 Å². The van der Waals surface area contributed by atoms with E-state index in [-0.39, 0.29) is 0 Å². The van der Waals surface area contributed by atoms with Gasteiger partial charge < -0.3 is 16.0 Å². The second kappa shape index (κ2) is 5.29. The fraction of sp³-hybridized carbons (Fsp3) is 0.176. The van der Waals surface area contributed by atoms with Crippen LogP contribution in [-0.2, 0) is 6.42 Å². The van der Waals surface area contributed by atoms with Gasteiger partial charge in [-0.1, -0.05) is 24.3 Å². The van der Waals surface area contributed by atoms with Crippen LogP contribution in [0.5, 0.6) is 0 Å². The van der Waals surface area contributed by atoms with E-state index in [1.165, 1.54) is 22.0 Å². The van der Waals surface area contributed by atoms with Crippen molar-refractivity contribution in [3.05, 3.63) is 59.8 Å². The first-order valence-corrected chi connectivity index (χ1v) is 6.89. The SMILES string of the molecule is Cc1ccc(N)c(NCCc2c[nH]c3ccccc23)c1. The summed E-state index contributed by atoms with van der Waals surface area (Å²) in [6, 6.07) is 14.4. The van der Waals surface area contributed by atoms with Gasteiger partial charge in [0.25, 0.3) is 0 Å². The molecule has 3 nitrogen and oxygen atoms in total. The quantitative estimate of drug-likeness (QED) is 0.630. The molecule has 102 valence electrons. The second-order valence-corrected chi connectivity index (χ2v) is 5.13. The van der Waals surface area contributed by atoms with E-state index in [2.05, 4.69) is 47.7 Å². The van der Waals surface area contributed by atoms with Gasteiger partial charge in [-0.25, -0.2) is 0 Å². The molecule has 1 heterocycles. The number of hydrogen-bond donors (Lipinski definition) is 3. The van der Waals surface area contributed by atoms with Gasteiger partial charge in [-0.3, -0.25) is 0 Å². The van der Waals surface area contributed by atoms with Crippen molar-refractivity contribution in [3.63, 3.8) is 0 Å². The molecule has 0 amide bonds. The molecule has 0 radical (unpaired) electrons. The summed E-state index contributed by atoms with van der Waals surface area (Å²) in [4.78, 5) is 3.30. The summed E-state index contributed by atoms with van der Waals surface area (Å²) in [6.45, 7) is 2.94. The van der Waals surface area contributed by atoms with E-state index >= 15 is 0 Å². The maximum Gasteiger partial charge on any atom is 0.0576 e. The molecule has 4 N–H and O–H groups in total. The smallest absolute Gasteiger partial charge is 0.0576 e. The highest BCUT2D eigenvalue weighted by atomic mass is 14.9. The molecule has 0 atom stereocenters. The van der Waals surface area contributed by atoms with Crippen molar-refractivity contribution in [3.8, 4) is 0 Å². The number of anilines is 2. The predicted molar refractivity (Wildman–Crippen MR) is 86.1 cm³/mol. The van der Waals surface area contributed by atoms with Gasteiger partial charge in [0.2, 0.25) is 0 Å². The lowest BCUT2D eigenvalue weighted by Crippen LogP contribution is -2.06. The van der Waals surface area contributed by atoms with Crippen LogP contribution in [0.1, 0.15) is 11.1 Å². The van der Waals surface area contributed by atoms with Crippen molar-refractivity contribution in [2.24, 2.45) is 0 Å². The summed E-state index contributed by atoms with van der Waals surface area (Å²) in [5, 5.41) is 4.72. The number of aryl methyl sites for hydroxylation is 1. The second-order valence-electron chi connectivity index (χ2n) is 5.13. The molecule has 0 spiro atoms. The normalized spacial score (nSPS) is 10.8. The van der Waals surface area contributed by atoms with Crippen molar-refractivity contribution < 1.29 is 0 Å². The van der Waals surface area contributed by atoms with Crippen molar-refractivity contribution in [1.29, 1.82) is 0 Å². The van der Waals surface area contributed by atoms with E-state index in [9.17, 15) is 0 Å². The Hall–Kier alpha value is -2.42. The third-order valence-electron chi connectivity index (χ3n) is 3.59. The lowest BCUT2D eigenvalue weighted by Gasteiger charge is -2.09. The number of aromatic nitrogens is 1. The van der Waals surface area contributed by atoms with Crippen LogP contribution in [0, 0.1) is 6.92 Å². The highest BCUT2D eigenvalue weighted by Gasteiger charge is 2.03. The van der Waals surface area contributed by atoms with Crippen LogP contribution in [0.4, 0.5) is 11.4 Å². The van der Waals surface area contributed by atoms with Gasteiger partial charge in [0, 0.05) is 23.6 Å². The van der Waals surface area contributed by atoms with Crippen molar-refractivity contribution >= 4 is 22.3 Å². The standard InChI is InChI=1S/C17H19N3/c1-12-6-7-15(18)17(10-12)19-9-8-13-11-20-16-5-3-2-4-14(13)16/h2-7,10-11,19-20H,8-9,18H2,1H3. The lowest BCUT2D eigenvalue weighted by molar-refractivity contribution is 1.03. The van der Waals surface area contributed by atoms with Crippen LogP contribution in [-0.4, -0.2) is 11.5 Å². The Morgan fingerprint density at radius 3 is 2.90 bits per heavy atom. The Labute approximate surface area is 118 Å². The molecule has 0 saturated carbocycles. The molecular formula is C17H19N3. The average Bonchev–Trinajstić information content (AvgIpc) is 2.86. The number of benzene rings is 2. The van der Waals surface area contributed by atoms with Crippen LogP contribution < -0.4 is 11.1 Å². The molecule has 3 heteroatoms. The van der Waals surface area contributed by atoms with Gasteiger partial charge in [-0.2, -0.15) is 0 Å². The van der Waals surface area contributed by atoms with Crippen LogP contribution in [0.15, 0.2) is 48.7 Å². The summed E-state index contributed by atoms with van der Waals surface area (Å²) in [7, 11) is 0. The monoisotopic (exact) mass is 265 g/mol. The fourth-order valence-electron chi connectivity index (χ4n) is 2.49. The van der Waals surface area contributed by atoms with E-state index in [0.29, 0.717) is 0 Å². The molecule has 0 bridgehead atoms. The minimum Gasteiger partial charge on any atom is -0.397 e. The molecule has 0 aliphatic rings. The topological polar surface area (TPSA) is 53.8 Å². The number of nitrogens with two attached hydrogens (primary N) is 1. The van der Waals surface area contributed by atoms with Crippen LogP contribution in [0.25, 0.3) is 10.9 Å². The Balaban J connectivity index is 1.69. The molecule has 0 aliphatic carbocycles. The van der Waals surface area contributed by atoms with E-state index < -0.39 is 0 Å². The number of hydrogen-bond acceptors (Lipinski definition) is 2. The highest BCUT2D eigenvalue weighted by molar-refractivity contribution is 5.83. The summed E-state index contributed by atoms with van der Waals surface area (Å²) < 4.78 is 0. The van der Waals surface area contributed by atoms with E-state index in [1.807, 2.05) is 18.2 Å². The Kier molecular flexibility index (Phi) is 3.33. The Bertz CT molecular complexity index is 728. The number of aromatic amines is 1. The average molecular weight is 265 g/mol. The maximum absolute atomic E-state index is 5.97. The van der Waals surface area contributed by atoms with Crippen molar-refractivity contribution in [2.75, 3.05) is 17.6 Å². The zero-order chi connectivity index (χ0) is 13.9. The van der Waals surface area contributed by atoms with Gasteiger partial charge >= 0.3 is 0 Å². The van der Waals surface area contributed by atoms with Crippen molar-refractivity contribution in [2.45, 2.75) is 13.3 Å². The molecule has 2 aromatic carbocycles. The summed E-state index contributed by atoms with van der Waals surface area (Å²) in [6.07, 6.45) is 3.06. The zero-order valence-electron chi connectivity index (χ0n) is 11.6. The van der Waals surface area contributed by atoms with Crippen LogP contribution in [0.3, 0.4) is 0 Å². The number of nitrogens with one attached hydrogen (secondary N) is 2. The van der Waals surface area contributed by atoms with Crippen LogP contribution >= 0.6 is 0 Å². The fourth-order valence-corrected chi connectivity index (χ4v) is 2.49. The molecule has 0 aliphatic heterocycles. The number of H-pyrrole nitrogens is 1. The number of fused-ring (bicyclic) bond motifs is 1. The minimum absolute atomic E-state index is 0.800. The third kappa shape index (κ3) is 2.48. The predicted octanol–water partition coefficient (Wildman–Crippen LogP) is 3.71. The van der Waals surface area contributed by atoms with Gasteiger partial charge in [0.1, 0.15) is 0 Å². The van der Waals surface area contributed by atoms with Crippen molar-refractivity contribution in [1.82, 2.24) is 4.98 Å². The van der Waals surface area contributed by atoms with Gasteiger partial charge in [-0.05, 0) is 42.7 Å². The first-order chi connectivity index (χ1) is 9.74. The minimum atomic E-state index is 0.800. The van der Waals surface area contributed by atoms with Gasteiger partial charge in [0.05, 0.1) is 11.4 Å². The summed E-state index contributed by atoms with van der Waals surface area (Å²) >= 11 is 0. The first kappa shape index (κ1) is 12.6. The first-order valence-electron chi connectivity index (χ1n) is 6.89. The largest absolute Gasteiger partial charge is 0.397 e. The highest BCUT2D eigenvalue weighted by Crippen LogP contribution is 2.21. The molecule has 3 aromatic rings. The molecular weight excluding hydrogens is 246 g/mol. The number of para-hydroxylation sites is 1. The van der Waals surface area contributed by atoms with Gasteiger partial charge in [0.15, 0.2) is 0 Å². The molecule has 0 saturated heterocycles. The number of rotatable bonds is 4. The van der Waals surface area contributed by atoms with Gasteiger partial charge in [-0.15, -0.1) is 0 Å². The van der Waals surface area contributed by atoms with E-state index in [0.717, 1.165) is 24.3 Å². The molecule has 3 rings (SSSR count). The molecule has 0 unspecified atom stereocenters. The van der Waals surface area contributed by atoms with Crippen LogP contribution in [0.2, 0.25) is 0 Å². The number of nitrogen functional groups attached to an aromatic ring is 1.